The highest BCUT2D eigenvalue weighted by molar-refractivity contribution is 5.71. The van der Waals surface area contributed by atoms with Gasteiger partial charge in [-0.3, -0.25) is 0 Å². The Morgan fingerprint density at radius 3 is 1.06 bits per heavy atom. The monoisotopic (exact) mass is 722 g/mol. The molecule has 0 aromatic rings. The smallest absolute Gasteiger partial charge is 0.379 e. The Kier molecular flexibility index (Phi) is 35.0. The largest absolute Gasteiger partial charge is 0.476 e. The van der Waals surface area contributed by atoms with E-state index in [-0.39, 0.29) is 29.8 Å². The number of carboxylic acids is 1. The highest BCUT2D eigenvalue weighted by Gasteiger charge is 2.43. The summed E-state index contributed by atoms with van der Waals surface area (Å²) in [5, 5.41) is 30.8. The zero-order valence-electron chi connectivity index (χ0n) is 34.8. The average Bonchev–Trinajstić information content (AvgIpc) is 3.09. The fourth-order valence-electron chi connectivity index (χ4n) is 7.64. The van der Waals surface area contributed by atoms with Gasteiger partial charge in [-0.05, 0) is 77.0 Å². The van der Waals surface area contributed by atoms with Crippen molar-refractivity contribution >= 4 is 5.97 Å². The summed E-state index contributed by atoms with van der Waals surface area (Å²) in [7, 11) is 5.88. The molecule has 0 aliphatic rings. The second-order valence-corrected chi connectivity index (χ2v) is 16.4. The van der Waals surface area contributed by atoms with Gasteiger partial charge in [-0.1, -0.05) is 154 Å². The number of carbonyl (C=O) groups is 1. The van der Waals surface area contributed by atoms with E-state index in [2.05, 4.69) is 43.1 Å². The number of aliphatic hydroxyl groups is 2. The van der Waals surface area contributed by atoms with Gasteiger partial charge in [0.25, 0.3) is 0 Å². The first kappa shape index (κ1) is 49.8. The van der Waals surface area contributed by atoms with Crippen LogP contribution in [0.15, 0.2) is 24.3 Å². The van der Waals surface area contributed by atoms with E-state index in [9.17, 15) is 20.1 Å². The van der Waals surface area contributed by atoms with Gasteiger partial charge in [-0.15, -0.1) is 0 Å². The summed E-state index contributed by atoms with van der Waals surface area (Å²) >= 11 is 0. The molecular formula is C45H89N2O4+. The third-order valence-electron chi connectivity index (χ3n) is 10.6. The van der Waals surface area contributed by atoms with Crippen LogP contribution in [0.4, 0.5) is 0 Å². The summed E-state index contributed by atoms with van der Waals surface area (Å²) in [6, 6.07) is -0.0314. The van der Waals surface area contributed by atoms with Crippen molar-refractivity contribution in [1.29, 1.82) is 0 Å². The van der Waals surface area contributed by atoms with Crippen molar-refractivity contribution in [2.24, 2.45) is 0 Å². The van der Waals surface area contributed by atoms with E-state index in [4.69, 9.17) is 0 Å². The van der Waals surface area contributed by atoms with Crippen molar-refractivity contribution in [3.05, 3.63) is 24.3 Å². The molecule has 3 atom stereocenters. The van der Waals surface area contributed by atoms with Gasteiger partial charge < -0.3 is 19.8 Å². The highest BCUT2D eigenvalue weighted by atomic mass is 16.4. The van der Waals surface area contributed by atoms with Crippen molar-refractivity contribution in [3.63, 3.8) is 0 Å². The minimum atomic E-state index is -0.817. The molecule has 3 unspecified atom stereocenters. The number of hydrogen-bond acceptors (Lipinski definition) is 4. The summed E-state index contributed by atoms with van der Waals surface area (Å²) in [5.41, 5.74) is 0. The first-order valence-corrected chi connectivity index (χ1v) is 22.1. The molecule has 0 saturated carbocycles. The van der Waals surface area contributed by atoms with Gasteiger partial charge in [0.05, 0.1) is 21.1 Å². The molecule has 0 heterocycles. The highest BCUT2D eigenvalue weighted by Crippen LogP contribution is 2.28. The van der Waals surface area contributed by atoms with Crippen LogP contribution in [0.25, 0.3) is 0 Å². The zero-order chi connectivity index (χ0) is 37.8. The fourth-order valence-corrected chi connectivity index (χ4v) is 7.64. The number of aliphatic carboxylic acids is 1. The van der Waals surface area contributed by atoms with Crippen LogP contribution in [0.5, 0.6) is 0 Å². The molecular weight excluding hydrogens is 633 g/mol. The first-order valence-electron chi connectivity index (χ1n) is 22.1. The van der Waals surface area contributed by atoms with Gasteiger partial charge in [-0.2, -0.15) is 0 Å². The molecule has 0 amide bonds. The summed E-state index contributed by atoms with van der Waals surface area (Å²) in [4.78, 5) is 15.0. The minimum Gasteiger partial charge on any atom is -0.476 e. The van der Waals surface area contributed by atoms with E-state index in [1.165, 1.54) is 141 Å². The molecule has 0 aliphatic heterocycles. The minimum absolute atomic E-state index is 0.0157. The Morgan fingerprint density at radius 2 is 0.784 bits per heavy atom. The number of nitrogens with zero attached hydrogens (tertiary/aromatic N) is 2. The molecule has 0 aliphatic carbocycles. The van der Waals surface area contributed by atoms with Gasteiger partial charge >= 0.3 is 5.97 Å². The van der Waals surface area contributed by atoms with E-state index in [0.29, 0.717) is 12.8 Å². The maximum atomic E-state index is 12.8. The van der Waals surface area contributed by atoms with Crippen LogP contribution >= 0.6 is 0 Å². The molecule has 0 aromatic carbocycles. The SMILES string of the molecule is CCCCCCCC/C=C\CCCCCCCC(CCO)N(C(CCO)CCCCCCC/C=C\CCCCCCCC)C(C(=O)O)[N+](C)(C)C. The molecule has 6 heteroatoms. The molecule has 0 spiro atoms. The number of hydrogen-bond donors (Lipinski definition) is 3. The number of carboxylic acid groups (broad SMARTS) is 1. The molecule has 0 aromatic heterocycles. The lowest BCUT2D eigenvalue weighted by Gasteiger charge is -2.46. The van der Waals surface area contributed by atoms with Crippen LogP contribution in [-0.2, 0) is 4.79 Å². The van der Waals surface area contributed by atoms with Gasteiger partial charge in [0.1, 0.15) is 0 Å². The Hall–Kier alpha value is -1.21. The molecule has 6 nitrogen and oxygen atoms in total. The average molecular weight is 722 g/mol. The van der Waals surface area contributed by atoms with Crippen LogP contribution in [0.1, 0.15) is 206 Å². The predicted molar refractivity (Wildman–Crippen MR) is 221 cm³/mol. The molecule has 0 fully saturated rings. The lowest BCUT2D eigenvalue weighted by atomic mass is 9.95. The maximum absolute atomic E-state index is 12.8. The summed E-state index contributed by atoms with van der Waals surface area (Å²) < 4.78 is 0.290. The second-order valence-electron chi connectivity index (χ2n) is 16.4. The van der Waals surface area contributed by atoms with Crippen LogP contribution in [0.2, 0.25) is 0 Å². The maximum Gasteiger partial charge on any atom is 0.379 e. The normalized spacial score (nSPS) is 14.3. The third kappa shape index (κ3) is 28.9. The Morgan fingerprint density at radius 1 is 0.490 bits per heavy atom. The van der Waals surface area contributed by atoms with Crippen LogP contribution < -0.4 is 0 Å². The quantitative estimate of drug-likeness (QED) is 0.0255. The van der Waals surface area contributed by atoms with E-state index in [0.717, 1.165) is 38.5 Å². The lowest BCUT2D eigenvalue weighted by molar-refractivity contribution is -0.900. The standard InChI is InChI=1S/C45H88N2O4/c1-6-8-10-12-14-16-18-20-22-24-26-28-30-32-34-36-42(38-40-48)46(44(45(50)51)47(3,4)5)43(39-41-49)37-35-33-31-29-27-25-23-21-19-17-15-13-11-9-7-2/h20-23,42-44,48-49H,6-19,24-41H2,1-5H3/p+1/b22-20-,23-21-. The van der Waals surface area contributed by atoms with Crippen molar-refractivity contribution in [2.45, 2.75) is 225 Å². The van der Waals surface area contributed by atoms with Crippen molar-refractivity contribution in [3.8, 4) is 0 Å². The lowest BCUT2D eigenvalue weighted by Crippen LogP contribution is -2.64. The zero-order valence-corrected chi connectivity index (χ0v) is 34.8. The molecule has 302 valence electrons. The Bertz CT molecular complexity index is 759. The van der Waals surface area contributed by atoms with Crippen LogP contribution in [0.3, 0.4) is 0 Å². The third-order valence-corrected chi connectivity index (χ3v) is 10.6. The molecule has 0 rings (SSSR count). The predicted octanol–water partition coefficient (Wildman–Crippen LogP) is 12.0. The van der Waals surface area contributed by atoms with Crippen LogP contribution in [0, 0.1) is 0 Å². The van der Waals surface area contributed by atoms with Crippen molar-refractivity contribution in [1.82, 2.24) is 4.90 Å². The fraction of sp³-hybridized carbons (Fsp3) is 0.889. The second kappa shape index (κ2) is 35.8. The van der Waals surface area contributed by atoms with E-state index in [1.807, 2.05) is 21.1 Å². The summed E-state index contributed by atoms with van der Waals surface area (Å²) in [5.74, 6) is -0.817. The number of unbranched alkanes of at least 4 members (excludes halogenated alkanes) is 22. The van der Waals surface area contributed by atoms with Gasteiger partial charge in [0.15, 0.2) is 0 Å². The number of rotatable bonds is 39. The van der Waals surface area contributed by atoms with Gasteiger partial charge in [0.2, 0.25) is 6.17 Å². The number of likely N-dealkylation sites (N-methyl/N-ethyl adjacent to an activating group) is 1. The Balaban J connectivity index is 4.84. The molecule has 0 saturated heterocycles. The van der Waals surface area contributed by atoms with Gasteiger partial charge in [0, 0.05) is 25.3 Å². The molecule has 51 heavy (non-hydrogen) atoms. The number of aliphatic hydroxyl groups excluding tert-OH is 2. The molecule has 3 N–H and O–H groups in total. The van der Waals surface area contributed by atoms with Crippen molar-refractivity contribution in [2.75, 3.05) is 34.4 Å². The van der Waals surface area contributed by atoms with E-state index in [1.54, 1.807) is 0 Å². The summed E-state index contributed by atoms with van der Waals surface area (Å²) in [6.45, 7) is 4.64. The Labute approximate surface area is 318 Å². The first-order chi connectivity index (χ1) is 24.7. The number of allylic oxidation sites excluding steroid dienone is 4. The van der Waals surface area contributed by atoms with Gasteiger partial charge in [-0.25, -0.2) is 9.69 Å². The molecule has 0 radical (unpaired) electrons. The topological polar surface area (TPSA) is 81.0 Å². The summed E-state index contributed by atoms with van der Waals surface area (Å²) in [6.07, 6.45) is 44.4. The van der Waals surface area contributed by atoms with E-state index >= 15 is 0 Å². The van der Waals surface area contributed by atoms with Crippen LogP contribution in [-0.4, -0.2) is 83.3 Å². The number of quaternary nitrogens is 1. The van der Waals surface area contributed by atoms with E-state index < -0.39 is 12.1 Å². The molecule has 0 bridgehead atoms. The van der Waals surface area contributed by atoms with Crippen molar-refractivity contribution < 1.29 is 24.6 Å².